The first-order valence-corrected chi connectivity index (χ1v) is 10.0. The first-order chi connectivity index (χ1) is 14.7. The van der Waals surface area contributed by atoms with Crippen LogP contribution >= 0.6 is 0 Å². The van der Waals surface area contributed by atoms with Crippen LogP contribution in [-0.4, -0.2) is 28.1 Å². The number of hydrogen-bond acceptors (Lipinski definition) is 4. The molecule has 1 aliphatic rings. The number of rotatable bonds is 5. The number of carbonyl (C=O) groups is 1. The second-order valence-corrected chi connectivity index (χ2v) is 7.23. The number of nitrogens with one attached hydrogen (secondary N) is 1. The molecule has 2 aromatic carbocycles. The van der Waals surface area contributed by atoms with Crippen LogP contribution in [0.4, 0.5) is 20.6 Å². The molecule has 3 aromatic rings. The van der Waals surface area contributed by atoms with E-state index in [9.17, 15) is 9.18 Å². The zero-order chi connectivity index (χ0) is 20.8. The van der Waals surface area contributed by atoms with Gasteiger partial charge < -0.3 is 10.1 Å². The van der Waals surface area contributed by atoms with Crippen LogP contribution in [0, 0.1) is 5.82 Å². The minimum atomic E-state index is -0.491. The molecule has 1 fully saturated rings. The fourth-order valence-electron chi connectivity index (χ4n) is 3.61. The second-order valence-electron chi connectivity index (χ2n) is 7.23. The molecule has 0 aliphatic heterocycles. The highest BCUT2D eigenvalue weighted by molar-refractivity contribution is 5.99. The maximum absolute atomic E-state index is 13.1. The molecule has 0 saturated heterocycles. The van der Waals surface area contributed by atoms with Gasteiger partial charge in [0, 0.05) is 6.04 Å². The van der Waals surface area contributed by atoms with Crippen molar-refractivity contribution >= 4 is 17.4 Å². The Bertz CT molecular complexity index is 906. The van der Waals surface area contributed by atoms with Gasteiger partial charge >= 0.3 is 12.0 Å². The molecule has 154 valence electrons. The fourth-order valence-corrected chi connectivity index (χ4v) is 3.61. The number of halogens is 1. The quantitative estimate of drug-likeness (QED) is 0.658. The predicted molar refractivity (Wildman–Crippen MR) is 112 cm³/mol. The third-order valence-corrected chi connectivity index (χ3v) is 5.10. The normalized spacial score (nSPS) is 18.4. The van der Waals surface area contributed by atoms with Crippen molar-refractivity contribution < 1.29 is 13.9 Å². The summed E-state index contributed by atoms with van der Waals surface area (Å²) in [6.07, 6.45) is 5.25. The Kier molecular flexibility index (Phi) is 6.17. The van der Waals surface area contributed by atoms with Gasteiger partial charge in [0.25, 0.3) is 0 Å². The molecule has 0 atom stereocenters. The minimum Gasteiger partial charge on any atom is -0.460 e. The summed E-state index contributed by atoms with van der Waals surface area (Å²) in [7, 11) is 0. The number of carbonyl (C=O) groups excluding carboxylic acids is 1. The smallest absolute Gasteiger partial charge is 0.326 e. The van der Waals surface area contributed by atoms with E-state index < -0.39 is 5.82 Å². The Morgan fingerprint density at radius 1 is 0.900 bits per heavy atom. The molecule has 6 nitrogen and oxygen atoms in total. The SMILES string of the molecule is O=C(NC1CCC(Oc2ncc(F)cn2)CC1)N(c1ccccc1)c1ccccc1. The number of aromatic nitrogens is 2. The zero-order valence-corrected chi connectivity index (χ0v) is 16.4. The Hall–Kier alpha value is -3.48. The lowest BCUT2D eigenvalue weighted by Gasteiger charge is -2.31. The highest BCUT2D eigenvalue weighted by Crippen LogP contribution is 2.27. The highest BCUT2D eigenvalue weighted by atomic mass is 19.1. The predicted octanol–water partition coefficient (Wildman–Crippen LogP) is 4.85. The van der Waals surface area contributed by atoms with Gasteiger partial charge in [-0.3, -0.25) is 4.90 Å². The van der Waals surface area contributed by atoms with Crippen LogP contribution < -0.4 is 15.0 Å². The second kappa shape index (κ2) is 9.35. The molecule has 30 heavy (non-hydrogen) atoms. The third-order valence-electron chi connectivity index (χ3n) is 5.10. The van der Waals surface area contributed by atoms with Crippen molar-refractivity contribution in [3.63, 3.8) is 0 Å². The van der Waals surface area contributed by atoms with Gasteiger partial charge in [-0.1, -0.05) is 36.4 Å². The van der Waals surface area contributed by atoms with Crippen LogP contribution in [0.1, 0.15) is 25.7 Å². The van der Waals surface area contributed by atoms with Crippen molar-refractivity contribution in [1.29, 1.82) is 0 Å². The molecule has 7 heteroatoms. The summed E-state index contributed by atoms with van der Waals surface area (Å²) < 4.78 is 18.7. The topological polar surface area (TPSA) is 67.3 Å². The summed E-state index contributed by atoms with van der Waals surface area (Å²) in [6, 6.07) is 19.3. The standard InChI is InChI=1S/C23H23FN4O2/c24-17-15-25-22(26-16-17)30-21-13-11-18(12-14-21)27-23(29)28(19-7-3-1-4-8-19)20-9-5-2-6-10-20/h1-10,15-16,18,21H,11-14H2,(H,27,29). The zero-order valence-electron chi connectivity index (χ0n) is 16.4. The molecule has 1 aromatic heterocycles. The molecular formula is C23H23FN4O2. The summed E-state index contributed by atoms with van der Waals surface area (Å²) in [5, 5.41) is 3.16. The fraction of sp³-hybridized carbons (Fsp3) is 0.261. The summed E-state index contributed by atoms with van der Waals surface area (Å²) in [6.45, 7) is 0. The van der Waals surface area contributed by atoms with Crippen LogP contribution in [0.5, 0.6) is 6.01 Å². The summed E-state index contributed by atoms with van der Waals surface area (Å²) in [5.74, 6) is -0.491. The number of nitrogens with zero attached hydrogens (tertiary/aromatic N) is 3. The number of anilines is 2. The van der Waals surface area contributed by atoms with Crippen LogP contribution in [0.3, 0.4) is 0 Å². The van der Waals surface area contributed by atoms with E-state index in [2.05, 4.69) is 15.3 Å². The molecule has 1 N–H and O–H groups in total. The summed E-state index contributed by atoms with van der Waals surface area (Å²) in [5.41, 5.74) is 1.62. The monoisotopic (exact) mass is 406 g/mol. The van der Waals surface area contributed by atoms with Crippen LogP contribution in [0.15, 0.2) is 73.1 Å². The van der Waals surface area contributed by atoms with E-state index in [1.807, 2.05) is 60.7 Å². The van der Waals surface area contributed by atoms with Gasteiger partial charge in [0.15, 0.2) is 5.82 Å². The van der Waals surface area contributed by atoms with Crippen molar-refractivity contribution in [2.24, 2.45) is 0 Å². The van der Waals surface area contributed by atoms with E-state index >= 15 is 0 Å². The van der Waals surface area contributed by atoms with Crippen molar-refractivity contribution in [3.05, 3.63) is 78.9 Å². The van der Waals surface area contributed by atoms with Gasteiger partial charge in [-0.05, 0) is 49.9 Å². The lowest BCUT2D eigenvalue weighted by Crippen LogP contribution is -2.45. The molecule has 1 saturated carbocycles. The van der Waals surface area contributed by atoms with Gasteiger partial charge in [0.1, 0.15) is 6.10 Å². The Labute approximate surface area is 174 Å². The molecule has 1 heterocycles. The number of amides is 2. The van der Waals surface area contributed by atoms with Crippen molar-refractivity contribution in [1.82, 2.24) is 15.3 Å². The molecule has 0 bridgehead atoms. The van der Waals surface area contributed by atoms with Crippen LogP contribution in [0.2, 0.25) is 0 Å². The number of urea groups is 1. The Morgan fingerprint density at radius 3 is 1.97 bits per heavy atom. The number of hydrogen-bond donors (Lipinski definition) is 1. The maximum atomic E-state index is 13.1. The summed E-state index contributed by atoms with van der Waals surface area (Å²) in [4.78, 5) is 22.5. The van der Waals surface area contributed by atoms with Gasteiger partial charge in [-0.25, -0.2) is 19.2 Å². The van der Waals surface area contributed by atoms with Crippen molar-refractivity contribution in [3.8, 4) is 6.01 Å². The molecule has 1 aliphatic carbocycles. The van der Waals surface area contributed by atoms with E-state index in [1.54, 1.807) is 4.90 Å². The molecule has 4 rings (SSSR count). The van der Waals surface area contributed by atoms with E-state index in [0.717, 1.165) is 49.5 Å². The van der Waals surface area contributed by atoms with Gasteiger partial charge in [0.05, 0.1) is 23.8 Å². The Morgan fingerprint density at radius 2 is 1.43 bits per heavy atom. The highest BCUT2D eigenvalue weighted by Gasteiger charge is 2.26. The molecule has 0 radical (unpaired) electrons. The molecule has 0 spiro atoms. The summed E-state index contributed by atoms with van der Waals surface area (Å²) >= 11 is 0. The molecule has 2 amide bonds. The molecule has 0 unspecified atom stereocenters. The van der Waals surface area contributed by atoms with Gasteiger partial charge in [-0.2, -0.15) is 0 Å². The number of benzene rings is 2. The van der Waals surface area contributed by atoms with E-state index in [1.165, 1.54) is 0 Å². The minimum absolute atomic E-state index is 0.0389. The van der Waals surface area contributed by atoms with E-state index in [-0.39, 0.29) is 24.2 Å². The number of para-hydroxylation sites is 2. The average Bonchev–Trinajstić information content (AvgIpc) is 2.78. The van der Waals surface area contributed by atoms with Crippen molar-refractivity contribution in [2.75, 3.05) is 4.90 Å². The number of ether oxygens (including phenoxy) is 1. The lowest BCUT2D eigenvalue weighted by molar-refractivity contribution is 0.129. The molecular weight excluding hydrogens is 383 g/mol. The first-order valence-electron chi connectivity index (χ1n) is 10.0. The Balaban J connectivity index is 1.37. The van der Waals surface area contributed by atoms with E-state index in [4.69, 9.17) is 4.74 Å². The first kappa shape index (κ1) is 19.8. The average molecular weight is 406 g/mol. The largest absolute Gasteiger partial charge is 0.460 e. The van der Waals surface area contributed by atoms with E-state index in [0.29, 0.717) is 0 Å². The van der Waals surface area contributed by atoms with Crippen LogP contribution in [-0.2, 0) is 0 Å². The maximum Gasteiger partial charge on any atom is 0.326 e. The van der Waals surface area contributed by atoms with Gasteiger partial charge in [-0.15, -0.1) is 0 Å². The lowest BCUT2D eigenvalue weighted by atomic mass is 9.93. The third kappa shape index (κ3) is 4.92. The van der Waals surface area contributed by atoms with Crippen LogP contribution in [0.25, 0.3) is 0 Å². The van der Waals surface area contributed by atoms with Crippen molar-refractivity contribution in [2.45, 2.75) is 37.8 Å². The van der Waals surface area contributed by atoms with Gasteiger partial charge in [0.2, 0.25) is 0 Å².